The highest BCUT2D eigenvalue weighted by atomic mass is 16.2. The van der Waals surface area contributed by atoms with Crippen LogP contribution in [0, 0.1) is 0 Å². The van der Waals surface area contributed by atoms with Gasteiger partial charge in [0.1, 0.15) is 0 Å². The van der Waals surface area contributed by atoms with Crippen molar-refractivity contribution in [3.63, 3.8) is 0 Å². The number of hydrogen-bond donors (Lipinski definition) is 1. The number of pyridine rings is 1. The molecule has 2 aliphatic rings. The molecular weight excluding hydrogens is 328 g/mol. The number of carbonyl (C=O) groups excluding carboxylic acids is 1. The molecule has 0 saturated carbocycles. The molecule has 0 aromatic carbocycles. The summed E-state index contributed by atoms with van der Waals surface area (Å²) in [4.78, 5) is 20.6. The smallest absolute Gasteiger partial charge is 0.317 e. The third-order valence-corrected chi connectivity index (χ3v) is 5.26. The molecule has 26 heavy (non-hydrogen) atoms. The Kier molecular flexibility index (Phi) is 5.15. The maximum absolute atomic E-state index is 12.2. The monoisotopic (exact) mass is 354 g/mol. The van der Waals surface area contributed by atoms with E-state index in [2.05, 4.69) is 43.2 Å². The maximum atomic E-state index is 12.2. The highest BCUT2D eigenvalue weighted by molar-refractivity contribution is 5.74. The van der Waals surface area contributed by atoms with Gasteiger partial charge in [0.2, 0.25) is 0 Å². The van der Waals surface area contributed by atoms with E-state index in [1.165, 1.54) is 11.3 Å². The molecule has 2 aromatic rings. The van der Waals surface area contributed by atoms with E-state index in [1.54, 1.807) is 0 Å². The van der Waals surface area contributed by atoms with Crippen LogP contribution in [0.5, 0.6) is 0 Å². The summed E-state index contributed by atoms with van der Waals surface area (Å²) in [6.45, 7) is 5.21. The fraction of sp³-hybridized carbons (Fsp3) is 0.526. The number of aromatic nitrogens is 3. The summed E-state index contributed by atoms with van der Waals surface area (Å²) in [6.07, 6.45) is 8.69. The van der Waals surface area contributed by atoms with Crippen molar-refractivity contribution in [2.75, 3.05) is 26.2 Å². The number of hydrogen-bond acceptors (Lipinski definition) is 4. The van der Waals surface area contributed by atoms with Gasteiger partial charge in [0.15, 0.2) is 0 Å². The number of amides is 2. The van der Waals surface area contributed by atoms with Gasteiger partial charge in [0.25, 0.3) is 0 Å². The number of likely N-dealkylation sites (tertiary alicyclic amines) is 1. The topological polar surface area (TPSA) is 66.3 Å². The quantitative estimate of drug-likeness (QED) is 0.892. The molecule has 1 atom stereocenters. The van der Waals surface area contributed by atoms with Crippen LogP contribution in [0.25, 0.3) is 0 Å². The lowest BCUT2D eigenvalue weighted by Gasteiger charge is -2.34. The third-order valence-electron chi connectivity index (χ3n) is 5.26. The van der Waals surface area contributed by atoms with Crippen molar-refractivity contribution >= 4 is 6.03 Å². The highest BCUT2D eigenvalue weighted by Crippen LogP contribution is 2.24. The van der Waals surface area contributed by atoms with Crippen LogP contribution in [0.15, 0.2) is 36.8 Å². The van der Waals surface area contributed by atoms with E-state index in [1.807, 2.05) is 23.5 Å². The normalized spacial score (nSPS) is 20.2. The van der Waals surface area contributed by atoms with E-state index in [0.717, 1.165) is 52.0 Å². The van der Waals surface area contributed by atoms with E-state index < -0.39 is 0 Å². The third kappa shape index (κ3) is 3.88. The Morgan fingerprint density at radius 3 is 2.77 bits per heavy atom. The first-order valence-electron chi connectivity index (χ1n) is 9.46. The lowest BCUT2D eigenvalue weighted by Crippen LogP contribution is -2.41. The van der Waals surface area contributed by atoms with Gasteiger partial charge in [-0.05, 0) is 43.0 Å². The van der Waals surface area contributed by atoms with E-state index in [9.17, 15) is 4.79 Å². The summed E-state index contributed by atoms with van der Waals surface area (Å²) in [5.74, 6) is 0. The van der Waals surface area contributed by atoms with Crippen molar-refractivity contribution in [3.05, 3.63) is 48.0 Å². The Labute approximate surface area is 154 Å². The number of carbonyl (C=O) groups is 1. The van der Waals surface area contributed by atoms with Crippen molar-refractivity contribution in [1.82, 2.24) is 29.9 Å². The minimum atomic E-state index is 0.0765. The number of nitrogens with one attached hydrogen (secondary N) is 1. The second-order valence-electron chi connectivity index (χ2n) is 7.16. The zero-order valence-corrected chi connectivity index (χ0v) is 15.0. The van der Waals surface area contributed by atoms with Gasteiger partial charge in [-0.1, -0.05) is 0 Å². The summed E-state index contributed by atoms with van der Waals surface area (Å²) >= 11 is 0. The van der Waals surface area contributed by atoms with Crippen molar-refractivity contribution in [1.29, 1.82) is 0 Å². The Bertz CT molecular complexity index is 725. The van der Waals surface area contributed by atoms with E-state index in [0.29, 0.717) is 6.54 Å². The van der Waals surface area contributed by atoms with Gasteiger partial charge in [0.05, 0.1) is 11.7 Å². The Balaban J connectivity index is 1.35. The molecule has 0 spiro atoms. The van der Waals surface area contributed by atoms with E-state index >= 15 is 0 Å². The Hall–Kier alpha value is -2.41. The van der Waals surface area contributed by atoms with Gasteiger partial charge in [-0.2, -0.15) is 5.10 Å². The molecule has 7 nitrogen and oxygen atoms in total. The number of fused-ring (bicyclic) bond motifs is 1. The molecular formula is C19H26N6O. The van der Waals surface area contributed by atoms with Gasteiger partial charge < -0.3 is 10.2 Å². The summed E-state index contributed by atoms with van der Waals surface area (Å²) in [7, 11) is 0. The molecule has 0 unspecified atom stereocenters. The largest absolute Gasteiger partial charge is 0.338 e. The Morgan fingerprint density at radius 1 is 1.15 bits per heavy atom. The van der Waals surface area contributed by atoms with Crippen molar-refractivity contribution < 1.29 is 4.79 Å². The summed E-state index contributed by atoms with van der Waals surface area (Å²) < 4.78 is 2.13. The molecule has 2 amide bonds. The average molecular weight is 354 g/mol. The van der Waals surface area contributed by atoms with Crippen LogP contribution in [-0.2, 0) is 13.1 Å². The molecule has 138 valence electrons. The minimum absolute atomic E-state index is 0.0765. The lowest BCUT2D eigenvalue weighted by molar-refractivity contribution is 0.160. The molecule has 1 saturated heterocycles. The van der Waals surface area contributed by atoms with Crippen LogP contribution in [0.4, 0.5) is 4.79 Å². The molecule has 0 radical (unpaired) electrons. The SMILES string of the molecule is O=C(NCC[C@H]1CN(Cc2ccncc2)Cc2ccnn21)N1CCCC1. The standard InChI is InChI=1S/C19H26N6O/c26-19(24-11-1-2-12-24)21-9-5-17-14-23(13-16-3-7-20-8-4-16)15-18-6-10-22-25(17)18/h3-4,6-8,10,17H,1-2,5,9,11-15H2,(H,21,26)/t17-/m0/s1. The predicted octanol–water partition coefficient (Wildman–Crippen LogP) is 2.03. The minimum Gasteiger partial charge on any atom is -0.338 e. The number of rotatable bonds is 5. The van der Waals surface area contributed by atoms with Gasteiger partial charge in [-0.15, -0.1) is 0 Å². The second kappa shape index (κ2) is 7.86. The average Bonchev–Trinajstić information content (AvgIpc) is 3.34. The number of urea groups is 1. The maximum Gasteiger partial charge on any atom is 0.317 e. The van der Waals surface area contributed by atoms with Crippen LogP contribution >= 0.6 is 0 Å². The molecule has 0 bridgehead atoms. The molecule has 7 heteroatoms. The fourth-order valence-corrected chi connectivity index (χ4v) is 3.92. The van der Waals surface area contributed by atoms with Crippen molar-refractivity contribution in [2.24, 2.45) is 0 Å². The van der Waals surface area contributed by atoms with Gasteiger partial charge >= 0.3 is 6.03 Å². The molecule has 4 rings (SSSR count). The summed E-state index contributed by atoms with van der Waals surface area (Å²) in [5, 5.41) is 7.59. The van der Waals surface area contributed by atoms with Crippen LogP contribution < -0.4 is 5.32 Å². The molecule has 4 heterocycles. The molecule has 1 N–H and O–H groups in total. The molecule has 0 aliphatic carbocycles. The lowest BCUT2D eigenvalue weighted by atomic mass is 10.1. The zero-order chi connectivity index (χ0) is 17.8. The van der Waals surface area contributed by atoms with Crippen molar-refractivity contribution in [3.8, 4) is 0 Å². The molecule has 1 fully saturated rings. The van der Waals surface area contributed by atoms with Gasteiger partial charge in [0, 0.05) is 57.9 Å². The van der Waals surface area contributed by atoms with E-state index in [4.69, 9.17) is 0 Å². The summed E-state index contributed by atoms with van der Waals surface area (Å²) in [5.41, 5.74) is 2.51. The van der Waals surface area contributed by atoms with Gasteiger partial charge in [-0.25, -0.2) is 4.79 Å². The predicted molar refractivity (Wildman–Crippen MR) is 98.4 cm³/mol. The first kappa shape index (κ1) is 17.0. The first-order valence-corrected chi connectivity index (χ1v) is 9.46. The Morgan fingerprint density at radius 2 is 1.96 bits per heavy atom. The van der Waals surface area contributed by atoms with Crippen LogP contribution in [-0.4, -0.2) is 56.8 Å². The summed E-state index contributed by atoms with van der Waals surface area (Å²) in [6, 6.07) is 6.59. The second-order valence-corrected chi connectivity index (χ2v) is 7.16. The zero-order valence-electron chi connectivity index (χ0n) is 15.0. The van der Waals surface area contributed by atoms with Crippen molar-refractivity contribution in [2.45, 2.75) is 38.4 Å². The first-order chi connectivity index (χ1) is 12.8. The van der Waals surface area contributed by atoms with Gasteiger partial charge in [-0.3, -0.25) is 14.6 Å². The fourth-order valence-electron chi connectivity index (χ4n) is 3.92. The van der Waals surface area contributed by atoms with E-state index in [-0.39, 0.29) is 12.1 Å². The van der Waals surface area contributed by atoms with Crippen LogP contribution in [0.2, 0.25) is 0 Å². The highest BCUT2D eigenvalue weighted by Gasteiger charge is 2.26. The van der Waals surface area contributed by atoms with Crippen LogP contribution in [0.3, 0.4) is 0 Å². The molecule has 2 aliphatic heterocycles. The number of nitrogens with zero attached hydrogens (tertiary/aromatic N) is 5. The van der Waals surface area contributed by atoms with Crippen LogP contribution in [0.1, 0.15) is 36.6 Å². The molecule has 2 aromatic heterocycles.